The number of anilines is 3. The Morgan fingerprint density at radius 2 is 1.00 bits per heavy atom. The highest BCUT2D eigenvalue weighted by Gasteiger charge is 2.25. The topological polar surface area (TPSA) is 8.17 Å². The minimum absolute atomic E-state index is 1.11. The van der Waals surface area contributed by atoms with Crippen LogP contribution in [-0.4, -0.2) is 4.57 Å². The van der Waals surface area contributed by atoms with Crippen LogP contribution in [0.1, 0.15) is 0 Å². The van der Waals surface area contributed by atoms with Gasteiger partial charge in [0.05, 0.1) is 27.1 Å². The zero-order chi connectivity index (χ0) is 38.9. The monoisotopic (exact) mass is 768 g/mol. The van der Waals surface area contributed by atoms with Crippen LogP contribution in [0.3, 0.4) is 0 Å². The number of nitrogens with zero attached hydrogens (tertiary/aromatic N) is 2. The highest BCUT2D eigenvalue weighted by Crippen LogP contribution is 2.50. The van der Waals surface area contributed by atoms with Crippen LogP contribution in [0.5, 0.6) is 0 Å². The summed E-state index contributed by atoms with van der Waals surface area (Å²) in [4.78, 5) is 2.51. The molecule has 0 N–H and O–H groups in total. The Bertz CT molecular complexity index is 3560. The predicted molar refractivity (Wildman–Crippen MR) is 254 cm³/mol. The van der Waals surface area contributed by atoms with E-state index < -0.39 is 0 Å². The predicted octanol–water partition coefficient (Wildman–Crippen LogP) is 16.3. The first-order chi connectivity index (χ1) is 29.3. The highest BCUT2D eigenvalue weighted by molar-refractivity contribution is 7.26. The van der Waals surface area contributed by atoms with Crippen molar-refractivity contribution < 1.29 is 0 Å². The maximum absolute atomic E-state index is 2.51. The van der Waals surface area contributed by atoms with Crippen LogP contribution in [0, 0.1) is 0 Å². The average Bonchev–Trinajstić information content (AvgIpc) is 3.87. The summed E-state index contributed by atoms with van der Waals surface area (Å²) in [6.07, 6.45) is 0. The van der Waals surface area contributed by atoms with Crippen molar-refractivity contribution in [3.8, 4) is 27.9 Å². The van der Waals surface area contributed by atoms with Crippen molar-refractivity contribution in [3.63, 3.8) is 0 Å². The molecule has 2 heterocycles. The fraction of sp³-hybridized carbons (Fsp3) is 0. The van der Waals surface area contributed by atoms with Crippen LogP contribution in [0.25, 0.3) is 91.5 Å². The summed E-state index contributed by atoms with van der Waals surface area (Å²) in [5.74, 6) is 0. The fourth-order valence-corrected chi connectivity index (χ4v) is 10.4. The number of fused-ring (bicyclic) bond motifs is 8. The maximum Gasteiger partial charge on any atom is 0.0640 e. The summed E-state index contributed by atoms with van der Waals surface area (Å²) < 4.78 is 5.03. The highest BCUT2D eigenvalue weighted by atomic mass is 32.1. The molecule has 0 bridgehead atoms. The molecule has 0 unspecified atom stereocenters. The third-order valence-corrected chi connectivity index (χ3v) is 13.2. The van der Waals surface area contributed by atoms with Crippen LogP contribution in [-0.2, 0) is 0 Å². The number of hydrogen-bond donors (Lipinski definition) is 0. The van der Waals surface area contributed by atoms with E-state index in [9.17, 15) is 0 Å². The first kappa shape index (κ1) is 33.7. The van der Waals surface area contributed by atoms with Crippen molar-refractivity contribution in [2.75, 3.05) is 4.90 Å². The van der Waals surface area contributed by atoms with Gasteiger partial charge in [-0.1, -0.05) is 158 Å². The van der Waals surface area contributed by atoms with Gasteiger partial charge in [0, 0.05) is 43.2 Å². The van der Waals surface area contributed by atoms with Crippen LogP contribution in [0.15, 0.2) is 218 Å². The van der Waals surface area contributed by atoms with Gasteiger partial charge in [0.25, 0.3) is 0 Å². The largest absolute Gasteiger partial charge is 0.309 e. The number of thiophene rings is 1. The second kappa shape index (κ2) is 13.6. The molecule has 0 aliphatic rings. The maximum atomic E-state index is 2.51. The van der Waals surface area contributed by atoms with Gasteiger partial charge in [0.1, 0.15) is 0 Å². The minimum atomic E-state index is 1.11. The molecule has 0 fully saturated rings. The second-order valence-corrected chi connectivity index (χ2v) is 16.4. The fourth-order valence-electron chi connectivity index (χ4n) is 9.19. The Hall–Kier alpha value is -7.46. The van der Waals surface area contributed by atoms with Crippen molar-refractivity contribution >= 4 is 91.9 Å². The smallest absolute Gasteiger partial charge is 0.0640 e. The lowest BCUT2D eigenvalue weighted by Crippen LogP contribution is -2.11. The normalized spacial score (nSPS) is 11.7. The Morgan fingerprint density at radius 1 is 0.390 bits per heavy atom. The van der Waals surface area contributed by atoms with Crippen LogP contribution >= 0.6 is 11.3 Å². The Labute approximate surface area is 346 Å². The number of aromatic nitrogens is 1. The number of hydrogen-bond acceptors (Lipinski definition) is 2. The molecule has 10 aromatic carbocycles. The van der Waals surface area contributed by atoms with E-state index in [2.05, 4.69) is 228 Å². The van der Waals surface area contributed by atoms with Gasteiger partial charge in [0.15, 0.2) is 0 Å². The zero-order valence-electron chi connectivity index (χ0n) is 32.1. The Morgan fingerprint density at radius 3 is 1.78 bits per heavy atom. The number of benzene rings is 10. The summed E-state index contributed by atoms with van der Waals surface area (Å²) in [6, 6.07) is 80.1. The van der Waals surface area contributed by atoms with Gasteiger partial charge in [-0.3, -0.25) is 0 Å². The molecule has 59 heavy (non-hydrogen) atoms. The molecule has 276 valence electrons. The molecule has 2 nitrogen and oxygen atoms in total. The average molecular weight is 769 g/mol. The van der Waals surface area contributed by atoms with Gasteiger partial charge in [0.2, 0.25) is 0 Å². The summed E-state index contributed by atoms with van der Waals surface area (Å²) in [5.41, 5.74) is 11.7. The lowest BCUT2D eigenvalue weighted by Gasteiger charge is -2.28. The quantitative estimate of drug-likeness (QED) is 0.164. The van der Waals surface area contributed by atoms with Gasteiger partial charge < -0.3 is 9.47 Å². The third kappa shape index (κ3) is 5.47. The molecule has 0 spiro atoms. The van der Waals surface area contributed by atoms with Crippen molar-refractivity contribution in [2.24, 2.45) is 0 Å². The molecule has 0 aliphatic carbocycles. The second-order valence-electron chi connectivity index (χ2n) is 15.3. The molecule has 0 aliphatic heterocycles. The molecule has 0 saturated heterocycles. The molecule has 0 radical (unpaired) electrons. The molecular weight excluding hydrogens is 733 g/mol. The Kier molecular flexibility index (Phi) is 7.75. The van der Waals surface area contributed by atoms with Crippen molar-refractivity contribution in [3.05, 3.63) is 218 Å². The van der Waals surface area contributed by atoms with Crippen molar-refractivity contribution in [2.45, 2.75) is 0 Å². The SMILES string of the molecule is c1ccc(-n2c3ccccc3c3c(N(c4ccc(-c5ccc6ccccc6c5)cc4)c4cccc5c4sc4ccccc45)ccc(-c4ccc5ccccc5c4)c32)cc1. The lowest BCUT2D eigenvalue weighted by atomic mass is 9.97. The minimum Gasteiger partial charge on any atom is -0.309 e. The first-order valence-electron chi connectivity index (χ1n) is 20.2. The molecule has 0 atom stereocenters. The molecule has 0 saturated carbocycles. The summed E-state index contributed by atoms with van der Waals surface area (Å²) in [5, 5.41) is 9.96. The Balaban J connectivity index is 1.16. The van der Waals surface area contributed by atoms with E-state index in [1.807, 2.05) is 11.3 Å². The first-order valence-corrected chi connectivity index (χ1v) is 21.0. The van der Waals surface area contributed by atoms with Crippen LogP contribution in [0.4, 0.5) is 17.1 Å². The molecular formula is C56H36N2S. The summed E-state index contributed by atoms with van der Waals surface area (Å²) >= 11 is 1.87. The summed E-state index contributed by atoms with van der Waals surface area (Å²) in [7, 11) is 0. The van der Waals surface area contributed by atoms with Gasteiger partial charge in [-0.15, -0.1) is 11.3 Å². The van der Waals surface area contributed by atoms with E-state index >= 15 is 0 Å². The summed E-state index contributed by atoms with van der Waals surface area (Å²) in [6.45, 7) is 0. The zero-order valence-corrected chi connectivity index (χ0v) is 32.9. The van der Waals surface area contributed by atoms with Crippen LogP contribution < -0.4 is 4.90 Å². The van der Waals surface area contributed by atoms with E-state index in [0.29, 0.717) is 0 Å². The molecule has 12 aromatic rings. The van der Waals surface area contributed by atoms with Crippen molar-refractivity contribution in [1.29, 1.82) is 0 Å². The van der Waals surface area contributed by atoms with Crippen molar-refractivity contribution in [1.82, 2.24) is 4.57 Å². The van der Waals surface area contributed by atoms with E-state index in [1.54, 1.807) is 0 Å². The van der Waals surface area contributed by atoms with E-state index in [4.69, 9.17) is 0 Å². The molecule has 12 rings (SSSR count). The standard InChI is InChI=1S/C56H36N2S/c1-2-17-44(18-3-1)58-50-22-10-8-20-49(50)54-51(34-33-46(55(54)58)43-28-26-38-14-5-7-16-41(38)36-43)57(52-23-12-21-48-47-19-9-11-24-53(47)59-56(48)52)45-31-29-39(30-32-45)42-27-25-37-13-4-6-15-40(37)35-42/h1-36H. The van der Waals surface area contributed by atoms with E-state index in [-0.39, 0.29) is 0 Å². The van der Waals surface area contributed by atoms with E-state index in [0.717, 1.165) is 17.1 Å². The molecule has 2 aromatic heterocycles. The third-order valence-electron chi connectivity index (χ3n) is 11.9. The number of rotatable bonds is 6. The molecule has 3 heteroatoms. The van der Waals surface area contributed by atoms with E-state index in [1.165, 1.54) is 91.5 Å². The lowest BCUT2D eigenvalue weighted by molar-refractivity contribution is 1.18. The van der Waals surface area contributed by atoms with Gasteiger partial charge in [-0.25, -0.2) is 0 Å². The molecule has 0 amide bonds. The van der Waals surface area contributed by atoms with Gasteiger partial charge in [-0.2, -0.15) is 0 Å². The van der Waals surface area contributed by atoms with Gasteiger partial charge >= 0.3 is 0 Å². The van der Waals surface area contributed by atoms with Crippen LogP contribution in [0.2, 0.25) is 0 Å². The number of para-hydroxylation sites is 2. The van der Waals surface area contributed by atoms with Gasteiger partial charge in [-0.05, 0) is 98.9 Å².